The number of hydrogen-bond donors (Lipinski definition) is 4. The van der Waals surface area contributed by atoms with Crippen molar-refractivity contribution in [1.82, 2.24) is 14.6 Å². The number of rotatable bonds is 10. The first-order valence-corrected chi connectivity index (χ1v) is 14.1. The summed E-state index contributed by atoms with van der Waals surface area (Å²) in [4.78, 5) is 27.3. The zero-order valence-corrected chi connectivity index (χ0v) is 21.6. The Bertz CT molecular complexity index is 1560. The lowest BCUT2D eigenvalue weighted by molar-refractivity contribution is -0.117. The second-order valence-corrected chi connectivity index (χ2v) is 11.8. The van der Waals surface area contributed by atoms with Crippen LogP contribution in [-0.4, -0.2) is 54.5 Å². The van der Waals surface area contributed by atoms with Crippen LogP contribution in [0.4, 0.5) is 5.69 Å². The van der Waals surface area contributed by atoms with Crippen LogP contribution in [0.15, 0.2) is 58.9 Å². The molecule has 1 amide bonds. The zero-order chi connectivity index (χ0) is 25.9. The van der Waals surface area contributed by atoms with Crippen molar-refractivity contribution < 1.29 is 32.3 Å². The molecule has 0 saturated heterocycles. The van der Waals surface area contributed by atoms with Crippen molar-refractivity contribution in [2.75, 3.05) is 25.6 Å². The van der Waals surface area contributed by atoms with E-state index in [1.165, 1.54) is 6.07 Å². The van der Waals surface area contributed by atoms with Gasteiger partial charge in [0.1, 0.15) is 22.2 Å². The number of nitrogens with zero attached hydrogens (tertiary/aromatic N) is 2. The van der Waals surface area contributed by atoms with Crippen molar-refractivity contribution in [3.8, 4) is 5.75 Å². The number of nitrogens with one attached hydrogen (secondary N) is 2. The molecule has 0 bridgehead atoms. The van der Waals surface area contributed by atoms with E-state index in [1.807, 2.05) is 11.0 Å². The Morgan fingerprint density at radius 3 is 2.81 bits per heavy atom. The Morgan fingerprint density at radius 1 is 1.22 bits per heavy atom. The van der Waals surface area contributed by atoms with Gasteiger partial charge in [-0.2, -0.15) is 4.72 Å². The van der Waals surface area contributed by atoms with Gasteiger partial charge in [-0.15, -0.1) is 11.3 Å². The van der Waals surface area contributed by atoms with E-state index in [9.17, 15) is 22.9 Å². The lowest BCUT2D eigenvalue weighted by Gasteiger charge is -2.18. The van der Waals surface area contributed by atoms with Crippen LogP contribution in [0.2, 0.25) is 0 Å². The zero-order valence-electron chi connectivity index (χ0n) is 19.0. The molecule has 0 aliphatic carbocycles. The van der Waals surface area contributed by atoms with Crippen molar-refractivity contribution in [2.24, 2.45) is 0 Å². The third-order valence-electron chi connectivity index (χ3n) is 5.18. The number of benzene rings is 2. The molecular weight excluding hydrogens is 527 g/mol. The van der Waals surface area contributed by atoms with Crippen molar-refractivity contribution >= 4 is 62.2 Å². The molecule has 14 heteroatoms. The molecule has 11 nitrogen and oxygen atoms in total. The number of pyridine rings is 1. The Labute approximate surface area is 211 Å². The summed E-state index contributed by atoms with van der Waals surface area (Å²) in [5.41, 5.74) is 1.94. The van der Waals surface area contributed by atoms with Gasteiger partial charge in [0.05, 0.1) is 6.54 Å². The molecule has 4 rings (SSSR count). The minimum absolute atomic E-state index is 0.0116. The van der Waals surface area contributed by atoms with Gasteiger partial charge in [0.2, 0.25) is 5.91 Å². The number of thiophene rings is 1. The number of carbonyl (C=O) groups excluding carboxylic acids is 1. The molecule has 2 aromatic carbocycles. The smallest absolute Gasteiger partial charge is 0.317 e. The summed E-state index contributed by atoms with van der Waals surface area (Å²) < 4.78 is 42.5. The van der Waals surface area contributed by atoms with E-state index >= 15 is 0 Å². The predicted octanol–water partition coefficient (Wildman–Crippen LogP) is 2.86. The van der Waals surface area contributed by atoms with Crippen LogP contribution in [0.3, 0.4) is 0 Å². The number of fused-ring (bicyclic) bond motifs is 2. The molecule has 0 radical (unpaired) electrons. The number of amides is 1. The first-order chi connectivity index (χ1) is 17.1. The van der Waals surface area contributed by atoms with Crippen LogP contribution in [0, 0.1) is 0 Å². The Kier molecular flexibility index (Phi) is 8.00. The number of likely N-dealkylation sites (N-methyl/N-ethyl adjacent to an activating group) is 1. The number of carbonyl (C=O) groups is 1. The van der Waals surface area contributed by atoms with Crippen molar-refractivity contribution in [3.63, 3.8) is 0 Å². The van der Waals surface area contributed by atoms with Gasteiger partial charge >= 0.3 is 8.25 Å². The predicted molar refractivity (Wildman–Crippen MR) is 138 cm³/mol. The molecule has 4 N–H and O–H groups in total. The van der Waals surface area contributed by atoms with Gasteiger partial charge in [-0.25, -0.2) is 8.42 Å². The molecular formula is C22H23N4O7PS2. The molecule has 0 saturated carbocycles. The Hall–Kier alpha value is -2.90. The molecule has 4 aromatic rings. The maximum atomic E-state index is 12.6. The number of aromatic nitrogens is 1. The fourth-order valence-electron chi connectivity index (χ4n) is 3.62. The number of hydrogen-bond acceptors (Lipinski definition) is 9. The fourth-order valence-corrected chi connectivity index (χ4v) is 6.21. The molecule has 36 heavy (non-hydrogen) atoms. The molecule has 0 spiro atoms. The minimum Gasteiger partial charge on any atom is -0.506 e. The Balaban J connectivity index is 1.40. The third-order valence-corrected chi connectivity index (χ3v) is 8.54. The molecule has 190 valence electrons. The topological polar surface area (TPSA) is 158 Å². The van der Waals surface area contributed by atoms with E-state index in [0.717, 1.165) is 22.3 Å². The highest BCUT2D eigenvalue weighted by atomic mass is 32.2. The third kappa shape index (κ3) is 6.26. The van der Waals surface area contributed by atoms with Gasteiger partial charge in [-0.05, 0) is 54.4 Å². The first-order valence-electron chi connectivity index (χ1n) is 10.6. The average molecular weight is 551 g/mol. The standard InChI is InChI=1S/C22H23N4O7PS2/c1-26(11-14-4-6-18(27)22-17(14)3-2-8-23-22)12-20(28)25-16-5-7-19-15(9-16)10-21(35-19)36(31,32)24-13-33-34(29)30/h2-10,24,27,34H,11-13H2,1H3,(H,25,28)(H,29,30). The summed E-state index contributed by atoms with van der Waals surface area (Å²) in [6.07, 6.45) is 1.61. The van der Waals surface area contributed by atoms with Crippen molar-refractivity contribution in [1.29, 1.82) is 0 Å². The highest BCUT2D eigenvalue weighted by Crippen LogP contribution is 2.31. The maximum absolute atomic E-state index is 12.6. The van der Waals surface area contributed by atoms with E-state index < -0.39 is 25.0 Å². The lowest BCUT2D eigenvalue weighted by atomic mass is 10.1. The first kappa shape index (κ1) is 26.2. The van der Waals surface area contributed by atoms with Crippen LogP contribution in [0.1, 0.15) is 5.56 Å². The van der Waals surface area contributed by atoms with E-state index in [2.05, 4.69) is 19.5 Å². The van der Waals surface area contributed by atoms with Crippen molar-refractivity contribution in [2.45, 2.75) is 10.8 Å². The minimum atomic E-state index is -3.92. The highest BCUT2D eigenvalue weighted by Gasteiger charge is 2.18. The van der Waals surface area contributed by atoms with Gasteiger partial charge in [-0.3, -0.25) is 23.8 Å². The van der Waals surface area contributed by atoms with E-state index in [0.29, 0.717) is 27.8 Å². The van der Waals surface area contributed by atoms with E-state index in [-0.39, 0.29) is 22.4 Å². The lowest BCUT2D eigenvalue weighted by Crippen LogP contribution is -2.29. The molecule has 0 aliphatic heterocycles. The van der Waals surface area contributed by atoms with Gasteiger partial charge in [0, 0.05) is 28.5 Å². The van der Waals surface area contributed by atoms with Gasteiger partial charge < -0.3 is 15.3 Å². The van der Waals surface area contributed by atoms with Gasteiger partial charge in [0.25, 0.3) is 10.0 Å². The largest absolute Gasteiger partial charge is 0.506 e. The maximum Gasteiger partial charge on any atom is 0.317 e. The van der Waals surface area contributed by atoms with E-state index in [1.54, 1.807) is 49.6 Å². The van der Waals surface area contributed by atoms with Crippen LogP contribution in [-0.2, 0) is 30.5 Å². The molecule has 1 unspecified atom stereocenters. The Morgan fingerprint density at radius 2 is 2.03 bits per heavy atom. The van der Waals surface area contributed by atoms with Crippen LogP contribution in [0.25, 0.3) is 21.0 Å². The van der Waals surface area contributed by atoms with Crippen LogP contribution in [0.5, 0.6) is 5.75 Å². The average Bonchev–Trinajstić information content (AvgIpc) is 3.25. The number of phenolic OH excluding ortho intramolecular Hbond substituents is 1. The quantitative estimate of drug-likeness (QED) is 0.172. The van der Waals surface area contributed by atoms with Gasteiger partial charge in [-0.1, -0.05) is 12.1 Å². The van der Waals surface area contributed by atoms with Crippen LogP contribution < -0.4 is 10.0 Å². The fraction of sp³-hybridized carbons (Fsp3) is 0.182. The summed E-state index contributed by atoms with van der Waals surface area (Å²) in [5, 5.41) is 14.3. The monoisotopic (exact) mass is 550 g/mol. The summed E-state index contributed by atoms with van der Waals surface area (Å²) >= 11 is 1.02. The van der Waals surface area contributed by atoms with Gasteiger partial charge in [0.15, 0.2) is 0 Å². The molecule has 0 aliphatic rings. The summed E-state index contributed by atoms with van der Waals surface area (Å²) in [5.74, 6) is -0.153. The number of anilines is 1. The number of sulfonamides is 1. The van der Waals surface area contributed by atoms with E-state index in [4.69, 9.17) is 4.89 Å². The SMILES string of the molecule is CN(CC(=O)Nc1ccc2sc(S(=O)(=O)NCO[PH](=O)O)cc2c1)Cc1ccc(O)c2ncccc12. The summed E-state index contributed by atoms with van der Waals surface area (Å²) in [6, 6.07) is 13.6. The molecule has 2 heterocycles. The summed E-state index contributed by atoms with van der Waals surface area (Å²) in [6.45, 7) is -0.0550. The number of aromatic hydroxyl groups is 1. The van der Waals surface area contributed by atoms with Crippen LogP contribution >= 0.6 is 19.6 Å². The highest BCUT2D eigenvalue weighted by molar-refractivity contribution is 7.91. The number of phenols is 1. The molecule has 0 fully saturated rings. The second kappa shape index (κ2) is 11.0. The molecule has 1 atom stereocenters. The molecule has 2 aromatic heterocycles. The normalized spacial score (nSPS) is 12.9. The second-order valence-electron chi connectivity index (χ2n) is 7.88. The summed E-state index contributed by atoms with van der Waals surface area (Å²) in [7, 11) is -5.37. The van der Waals surface area contributed by atoms with Crippen molar-refractivity contribution in [3.05, 3.63) is 60.3 Å².